The van der Waals surface area contributed by atoms with Gasteiger partial charge < -0.3 is 15.6 Å². The van der Waals surface area contributed by atoms with Gasteiger partial charge in [0, 0.05) is 0 Å². The number of aliphatic carboxylic acids is 1. The van der Waals surface area contributed by atoms with Crippen molar-refractivity contribution in [2.24, 2.45) is 0 Å². The molecule has 3 N–H and O–H groups in total. The standard InChI is InChI=1S/C10H13NO3/c1-7-3-2-4-8(10(7)11)14-6-5-9(12)13/h2-4H,5-6,11H2,1H3,(H,12,13). The minimum absolute atomic E-state index is 0.0205. The third kappa shape index (κ3) is 2.65. The maximum Gasteiger partial charge on any atom is 0.306 e. The number of para-hydroxylation sites is 1. The van der Waals surface area contributed by atoms with Crippen molar-refractivity contribution in [1.82, 2.24) is 0 Å². The van der Waals surface area contributed by atoms with Gasteiger partial charge in [-0.3, -0.25) is 4.79 Å². The normalized spacial score (nSPS) is 9.79. The van der Waals surface area contributed by atoms with Crippen molar-refractivity contribution >= 4 is 11.7 Å². The number of aryl methyl sites for hydroxylation is 1. The summed E-state index contributed by atoms with van der Waals surface area (Å²) >= 11 is 0. The molecule has 0 spiro atoms. The number of rotatable bonds is 4. The van der Waals surface area contributed by atoms with Crippen LogP contribution >= 0.6 is 0 Å². The molecule has 1 aromatic carbocycles. The fourth-order valence-corrected chi connectivity index (χ4v) is 1.03. The molecule has 0 saturated carbocycles. The molecule has 76 valence electrons. The lowest BCUT2D eigenvalue weighted by atomic mass is 10.2. The van der Waals surface area contributed by atoms with Crippen molar-refractivity contribution < 1.29 is 14.6 Å². The van der Waals surface area contributed by atoms with Crippen LogP contribution in [0.5, 0.6) is 5.75 Å². The molecule has 0 amide bonds. The summed E-state index contributed by atoms with van der Waals surface area (Å²) in [7, 11) is 0. The molecule has 0 fully saturated rings. The monoisotopic (exact) mass is 195 g/mol. The second-order valence-electron chi connectivity index (χ2n) is 2.98. The molecule has 4 heteroatoms. The SMILES string of the molecule is Cc1cccc(OCCC(=O)O)c1N. The van der Waals surface area contributed by atoms with Crippen LogP contribution in [0.3, 0.4) is 0 Å². The van der Waals surface area contributed by atoms with E-state index in [4.69, 9.17) is 15.6 Å². The molecule has 0 aromatic heterocycles. The highest BCUT2D eigenvalue weighted by molar-refractivity contribution is 5.67. The van der Waals surface area contributed by atoms with Gasteiger partial charge in [-0.1, -0.05) is 12.1 Å². The predicted molar refractivity (Wildman–Crippen MR) is 53.3 cm³/mol. The molecule has 0 saturated heterocycles. The minimum atomic E-state index is -0.878. The van der Waals surface area contributed by atoms with Crippen LogP contribution in [0.2, 0.25) is 0 Å². The lowest BCUT2D eigenvalue weighted by Crippen LogP contribution is -2.06. The van der Waals surface area contributed by atoms with E-state index in [2.05, 4.69) is 0 Å². The number of carboxylic acids is 1. The van der Waals surface area contributed by atoms with Crippen molar-refractivity contribution in [3.63, 3.8) is 0 Å². The van der Waals surface area contributed by atoms with Crippen LogP contribution in [-0.4, -0.2) is 17.7 Å². The topological polar surface area (TPSA) is 72.5 Å². The quantitative estimate of drug-likeness (QED) is 0.713. The molecule has 0 heterocycles. The Morgan fingerprint density at radius 2 is 2.29 bits per heavy atom. The molecule has 1 aromatic rings. The fraction of sp³-hybridized carbons (Fsp3) is 0.300. The van der Waals surface area contributed by atoms with Crippen LogP contribution in [0.15, 0.2) is 18.2 Å². The van der Waals surface area contributed by atoms with Crippen LogP contribution in [-0.2, 0) is 4.79 Å². The summed E-state index contributed by atoms with van der Waals surface area (Å²) in [5, 5.41) is 8.40. The second-order valence-corrected chi connectivity index (χ2v) is 2.98. The van der Waals surface area contributed by atoms with E-state index < -0.39 is 5.97 Å². The summed E-state index contributed by atoms with van der Waals surface area (Å²) in [5.41, 5.74) is 7.22. The highest BCUT2D eigenvalue weighted by atomic mass is 16.5. The van der Waals surface area contributed by atoms with Gasteiger partial charge in [0.25, 0.3) is 0 Å². The summed E-state index contributed by atoms with van der Waals surface area (Å²) in [4.78, 5) is 10.2. The summed E-state index contributed by atoms with van der Waals surface area (Å²) < 4.78 is 5.22. The van der Waals surface area contributed by atoms with Crippen molar-refractivity contribution in [2.75, 3.05) is 12.3 Å². The fourth-order valence-electron chi connectivity index (χ4n) is 1.03. The predicted octanol–water partition coefficient (Wildman–Crippen LogP) is 1.43. The Labute approximate surface area is 82.3 Å². The van der Waals surface area contributed by atoms with Gasteiger partial charge in [0.2, 0.25) is 0 Å². The number of nitrogen functional groups attached to an aromatic ring is 1. The maximum absolute atomic E-state index is 10.2. The van der Waals surface area contributed by atoms with Crippen molar-refractivity contribution in [1.29, 1.82) is 0 Å². The largest absolute Gasteiger partial charge is 0.491 e. The molecule has 0 radical (unpaired) electrons. The molecular weight excluding hydrogens is 182 g/mol. The van der Waals surface area contributed by atoms with Gasteiger partial charge in [-0.05, 0) is 18.6 Å². The third-order valence-corrected chi connectivity index (χ3v) is 1.86. The van der Waals surface area contributed by atoms with Crippen LogP contribution in [0.4, 0.5) is 5.69 Å². The molecular formula is C10H13NO3. The Bertz CT molecular complexity index is 336. The smallest absolute Gasteiger partial charge is 0.306 e. The Morgan fingerprint density at radius 3 is 2.93 bits per heavy atom. The van der Waals surface area contributed by atoms with Crippen LogP contribution in [0.25, 0.3) is 0 Å². The van der Waals surface area contributed by atoms with Crippen LogP contribution < -0.4 is 10.5 Å². The molecule has 4 nitrogen and oxygen atoms in total. The average molecular weight is 195 g/mol. The van der Waals surface area contributed by atoms with E-state index in [-0.39, 0.29) is 13.0 Å². The first kappa shape index (κ1) is 10.4. The van der Waals surface area contributed by atoms with Gasteiger partial charge in [0.15, 0.2) is 0 Å². The molecule has 0 bridgehead atoms. The molecule has 0 atom stereocenters. The first-order valence-electron chi connectivity index (χ1n) is 4.31. The van der Waals surface area contributed by atoms with E-state index in [1.165, 1.54) is 0 Å². The Hall–Kier alpha value is -1.71. The lowest BCUT2D eigenvalue weighted by Gasteiger charge is -2.08. The minimum Gasteiger partial charge on any atom is -0.491 e. The highest BCUT2D eigenvalue weighted by Crippen LogP contribution is 2.24. The Balaban J connectivity index is 2.59. The van der Waals surface area contributed by atoms with Crippen LogP contribution in [0.1, 0.15) is 12.0 Å². The van der Waals surface area contributed by atoms with E-state index in [1.807, 2.05) is 19.1 Å². The summed E-state index contributed by atoms with van der Waals surface area (Å²) in [6.07, 6.45) is -0.0205. The maximum atomic E-state index is 10.2. The summed E-state index contributed by atoms with van der Waals surface area (Å²) in [6, 6.07) is 5.42. The highest BCUT2D eigenvalue weighted by Gasteiger charge is 2.03. The average Bonchev–Trinajstić information content (AvgIpc) is 2.12. The summed E-state index contributed by atoms with van der Waals surface area (Å²) in [6.45, 7) is 2.02. The van der Waals surface area contributed by atoms with E-state index in [0.29, 0.717) is 11.4 Å². The van der Waals surface area contributed by atoms with Crippen molar-refractivity contribution in [3.05, 3.63) is 23.8 Å². The zero-order valence-electron chi connectivity index (χ0n) is 7.99. The van der Waals surface area contributed by atoms with Gasteiger partial charge in [0.1, 0.15) is 5.75 Å². The zero-order valence-corrected chi connectivity index (χ0v) is 7.99. The van der Waals surface area contributed by atoms with E-state index >= 15 is 0 Å². The first-order chi connectivity index (χ1) is 6.61. The molecule has 0 aliphatic heterocycles. The number of carboxylic acid groups (broad SMARTS) is 1. The van der Waals surface area contributed by atoms with Crippen molar-refractivity contribution in [2.45, 2.75) is 13.3 Å². The Kier molecular flexibility index (Phi) is 3.34. The second kappa shape index (κ2) is 4.50. The van der Waals surface area contributed by atoms with Gasteiger partial charge >= 0.3 is 5.97 Å². The lowest BCUT2D eigenvalue weighted by molar-refractivity contribution is -0.137. The number of hydrogen-bond acceptors (Lipinski definition) is 3. The van der Waals surface area contributed by atoms with E-state index in [9.17, 15) is 4.79 Å². The van der Waals surface area contributed by atoms with Gasteiger partial charge in [-0.2, -0.15) is 0 Å². The van der Waals surface area contributed by atoms with Crippen LogP contribution in [0, 0.1) is 6.92 Å². The van der Waals surface area contributed by atoms with E-state index in [1.54, 1.807) is 6.07 Å². The zero-order chi connectivity index (χ0) is 10.6. The number of ether oxygens (including phenoxy) is 1. The number of nitrogens with two attached hydrogens (primary N) is 1. The summed E-state index contributed by atoms with van der Waals surface area (Å²) in [5.74, 6) is -0.331. The first-order valence-corrected chi connectivity index (χ1v) is 4.31. The third-order valence-electron chi connectivity index (χ3n) is 1.86. The molecule has 1 rings (SSSR count). The molecule has 0 unspecified atom stereocenters. The number of benzene rings is 1. The van der Waals surface area contributed by atoms with Gasteiger partial charge in [-0.15, -0.1) is 0 Å². The van der Waals surface area contributed by atoms with Gasteiger partial charge in [-0.25, -0.2) is 0 Å². The number of anilines is 1. The van der Waals surface area contributed by atoms with E-state index in [0.717, 1.165) is 5.56 Å². The Morgan fingerprint density at radius 1 is 1.57 bits per heavy atom. The molecule has 0 aliphatic carbocycles. The van der Waals surface area contributed by atoms with Crippen molar-refractivity contribution in [3.8, 4) is 5.75 Å². The number of carbonyl (C=O) groups is 1. The molecule has 14 heavy (non-hydrogen) atoms. The van der Waals surface area contributed by atoms with Gasteiger partial charge in [0.05, 0.1) is 18.7 Å². The molecule has 0 aliphatic rings. The number of hydrogen-bond donors (Lipinski definition) is 2.